The van der Waals surface area contributed by atoms with Gasteiger partial charge in [0.2, 0.25) is 10.0 Å². The smallest absolute Gasteiger partial charge is 0.257 e. The first kappa shape index (κ1) is 22.4. The number of sulfonamides is 1. The third-order valence-corrected chi connectivity index (χ3v) is 10.2. The van der Waals surface area contributed by atoms with Gasteiger partial charge in [0.05, 0.1) is 30.3 Å². The standard InChI is InChI=1S/C23H24N4O3S3/c1-14-24-18-12-13-19-21(20(18)31-14)32-23(25-19)26-22(28)15-8-10-17(11-9-15)33(29,30)27(2)16-6-4-3-5-7-16/h8-13,16H,3-7H2,1-2H3,(H,25,26,28). The molecule has 2 aromatic carbocycles. The molecule has 1 aliphatic rings. The highest BCUT2D eigenvalue weighted by Gasteiger charge is 2.29. The summed E-state index contributed by atoms with van der Waals surface area (Å²) in [4.78, 5) is 22.0. The number of thiazole rings is 2. The molecule has 10 heteroatoms. The van der Waals surface area contributed by atoms with Crippen molar-refractivity contribution < 1.29 is 13.2 Å². The van der Waals surface area contributed by atoms with Gasteiger partial charge in [-0.05, 0) is 56.2 Å². The molecule has 0 saturated heterocycles. The lowest BCUT2D eigenvalue weighted by molar-refractivity contribution is 0.102. The minimum atomic E-state index is -3.59. The molecule has 5 rings (SSSR count). The van der Waals surface area contributed by atoms with Crippen LogP contribution in [-0.4, -0.2) is 41.7 Å². The van der Waals surface area contributed by atoms with Crippen molar-refractivity contribution in [3.05, 3.63) is 47.0 Å². The van der Waals surface area contributed by atoms with Crippen LogP contribution in [0.15, 0.2) is 41.3 Å². The molecule has 0 atom stereocenters. The zero-order chi connectivity index (χ0) is 23.2. The summed E-state index contributed by atoms with van der Waals surface area (Å²) in [5.74, 6) is -0.324. The maximum atomic E-state index is 13.0. The molecule has 0 radical (unpaired) electrons. The number of hydrogen-bond acceptors (Lipinski definition) is 7. The molecule has 1 aliphatic carbocycles. The van der Waals surface area contributed by atoms with Gasteiger partial charge in [-0.1, -0.05) is 30.6 Å². The first-order chi connectivity index (χ1) is 15.8. The van der Waals surface area contributed by atoms with Crippen LogP contribution in [0.25, 0.3) is 20.4 Å². The highest BCUT2D eigenvalue weighted by atomic mass is 32.2. The zero-order valence-corrected chi connectivity index (χ0v) is 20.8. The Balaban J connectivity index is 1.34. The maximum absolute atomic E-state index is 13.0. The van der Waals surface area contributed by atoms with Crippen molar-refractivity contribution in [2.24, 2.45) is 0 Å². The van der Waals surface area contributed by atoms with Crippen LogP contribution in [0.3, 0.4) is 0 Å². The number of amides is 1. The van der Waals surface area contributed by atoms with Gasteiger partial charge in [0.1, 0.15) is 0 Å². The molecular weight excluding hydrogens is 476 g/mol. The van der Waals surface area contributed by atoms with Gasteiger partial charge in [-0.2, -0.15) is 4.31 Å². The van der Waals surface area contributed by atoms with Crippen LogP contribution in [0.4, 0.5) is 5.13 Å². The first-order valence-electron chi connectivity index (χ1n) is 10.9. The third-order valence-electron chi connectivity index (χ3n) is 6.12. The van der Waals surface area contributed by atoms with Gasteiger partial charge < -0.3 is 0 Å². The predicted molar refractivity (Wildman–Crippen MR) is 134 cm³/mol. The van der Waals surface area contributed by atoms with Crippen molar-refractivity contribution in [1.29, 1.82) is 0 Å². The molecule has 2 heterocycles. The van der Waals surface area contributed by atoms with Gasteiger partial charge in [0.15, 0.2) is 5.13 Å². The summed E-state index contributed by atoms with van der Waals surface area (Å²) in [5.41, 5.74) is 2.13. The number of anilines is 1. The first-order valence-corrected chi connectivity index (χ1v) is 14.0. The van der Waals surface area contributed by atoms with E-state index < -0.39 is 10.0 Å². The van der Waals surface area contributed by atoms with Crippen molar-refractivity contribution in [3.8, 4) is 0 Å². The fourth-order valence-electron chi connectivity index (χ4n) is 4.29. The van der Waals surface area contributed by atoms with Gasteiger partial charge in [0.25, 0.3) is 5.91 Å². The lowest BCUT2D eigenvalue weighted by atomic mass is 9.96. The van der Waals surface area contributed by atoms with E-state index in [0.717, 1.165) is 57.5 Å². The summed E-state index contributed by atoms with van der Waals surface area (Å²) >= 11 is 3.03. The van der Waals surface area contributed by atoms with Crippen LogP contribution >= 0.6 is 22.7 Å². The molecular formula is C23H24N4O3S3. The number of nitrogens with one attached hydrogen (secondary N) is 1. The monoisotopic (exact) mass is 500 g/mol. The molecule has 0 unspecified atom stereocenters. The van der Waals surface area contributed by atoms with Crippen molar-refractivity contribution >= 4 is 64.2 Å². The molecule has 4 aromatic rings. The topological polar surface area (TPSA) is 92.3 Å². The lowest BCUT2D eigenvalue weighted by Crippen LogP contribution is -2.38. The summed E-state index contributed by atoms with van der Waals surface area (Å²) in [6.07, 6.45) is 5.07. The highest BCUT2D eigenvalue weighted by molar-refractivity contribution is 7.89. The molecule has 1 fully saturated rings. The number of benzene rings is 2. The van der Waals surface area contributed by atoms with Crippen LogP contribution in [0.5, 0.6) is 0 Å². The Morgan fingerprint density at radius 2 is 1.61 bits per heavy atom. The number of hydrogen-bond donors (Lipinski definition) is 1. The molecule has 1 saturated carbocycles. The van der Waals surface area contributed by atoms with Gasteiger partial charge in [-0.15, -0.1) is 11.3 Å². The van der Waals surface area contributed by atoms with Crippen LogP contribution in [0, 0.1) is 6.92 Å². The molecule has 0 aliphatic heterocycles. The normalized spacial score (nSPS) is 15.5. The maximum Gasteiger partial charge on any atom is 0.257 e. The highest BCUT2D eigenvalue weighted by Crippen LogP contribution is 2.36. The van der Waals surface area contributed by atoms with Gasteiger partial charge in [0, 0.05) is 18.7 Å². The summed E-state index contributed by atoms with van der Waals surface area (Å²) in [6.45, 7) is 1.97. The largest absolute Gasteiger partial charge is 0.298 e. The molecule has 33 heavy (non-hydrogen) atoms. The van der Waals surface area contributed by atoms with Crippen molar-refractivity contribution in [2.75, 3.05) is 12.4 Å². The molecule has 0 bridgehead atoms. The van der Waals surface area contributed by atoms with Gasteiger partial charge in [-0.25, -0.2) is 18.4 Å². The molecule has 2 aromatic heterocycles. The van der Waals surface area contributed by atoms with Crippen molar-refractivity contribution in [2.45, 2.75) is 50.0 Å². The van der Waals surface area contributed by atoms with Crippen LogP contribution in [-0.2, 0) is 10.0 Å². The summed E-state index contributed by atoms with van der Waals surface area (Å²) < 4.78 is 29.6. The zero-order valence-electron chi connectivity index (χ0n) is 18.4. The predicted octanol–water partition coefficient (Wildman–Crippen LogP) is 5.42. The van der Waals surface area contributed by atoms with E-state index in [9.17, 15) is 13.2 Å². The second-order valence-corrected chi connectivity index (χ2v) is 12.5. The molecule has 1 N–H and O–H groups in total. The van der Waals surface area contributed by atoms with Crippen LogP contribution < -0.4 is 5.32 Å². The van der Waals surface area contributed by atoms with E-state index in [1.165, 1.54) is 27.8 Å². The minimum Gasteiger partial charge on any atom is -0.298 e. The quantitative estimate of drug-likeness (QED) is 0.395. The summed E-state index contributed by atoms with van der Waals surface area (Å²) in [6, 6.07) is 10.0. The van der Waals surface area contributed by atoms with E-state index in [1.54, 1.807) is 30.5 Å². The van der Waals surface area contributed by atoms with E-state index in [1.807, 2.05) is 19.1 Å². The molecule has 172 valence electrons. The Morgan fingerprint density at radius 3 is 2.30 bits per heavy atom. The second-order valence-electron chi connectivity index (χ2n) is 8.31. The van der Waals surface area contributed by atoms with E-state index in [4.69, 9.17) is 0 Å². The van der Waals surface area contributed by atoms with Crippen molar-refractivity contribution in [3.63, 3.8) is 0 Å². The van der Waals surface area contributed by atoms with Gasteiger partial charge >= 0.3 is 0 Å². The summed E-state index contributed by atoms with van der Waals surface area (Å²) in [7, 11) is -1.94. The Bertz CT molecular complexity index is 1440. The molecule has 0 spiro atoms. The van der Waals surface area contributed by atoms with Gasteiger partial charge in [-0.3, -0.25) is 10.1 Å². The number of nitrogens with zero attached hydrogens (tertiary/aromatic N) is 3. The van der Waals surface area contributed by atoms with E-state index >= 15 is 0 Å². The van der Waals surface area contributed by atoms with Crippen LogP contribution in [0.1, 0.15) is 47.5 Å². The Morgan fingerprint density at radius 1 is 0.970 bits per heavy atom. The number of aryl methyl sites for hydroxylation is 1. The van der Waals surface area contributed by atoms with E-state index in [2.05, 4.69) is 15.3 Å². The second kappa shape index (κ2) is 8.75. The molecule has 1 amide bonds. The van der Waals surface area contributed by atoms with Crippen LogP contribution in [0.2, 0.25) is 0 Å². The van der Waals surface area contributed by atoms with E-state index in [0.29, 0.717) is 10.7 Å². The average Bonchev–Trinajstić information content (AvgIpc) is 3.41. The average molecular weight is 501 g/mol. The lowest BCUT2D eigenvalue weighted by Gasteiger charge is -2.30. The Labute approximate surface area is 200 Å². The van der Waals surface area contributed by atoms with Crippen molar-refractivity contribution in [1.82, 2.24) is 14.3 Å². The number of fused-ring (bicyclic) bond motifs is 3. The van der Waals surface area contributed by atoms with E-state index in [-0.39, 0.29) is 16.8 Å². The number of carbonyl (C=O) groups is 1. The SMILES string of the molecule is Cc1nc2ccc3nc(NC(=O)c4ccc(S(=O)(=O)N(C)C5CCCCC5)cc4)sc3c2s1. The Hall–Kier alpha value is -2.40. The fourth-order valence-corrected chi connectivity index (χ4v) is 7.71. The minimum absolute atomic E-state index is 0.0413. The number of rotatable bonds is 5. The number of aromatic nitrogens is 2. The number of carbonyl (C=O) groups excluding carboxylic acids is 1. The fraction of sp³-hybridized carbons (Fsp3) is 0.348. The molecule has 7 nitrogen and oxygen atoms in total. The Kier molecular flexibility index (Phi) is 5.94. The third kappa shape index (κ3) is 4.28. The summed E-state index contributed by atoms with van der Waals surface area (Å²) in [5, 5.41) is 4.33.